The molecular weight excluding hydrogens is 206 g/mol. The van der Waals surface area contributed by atoms with Crippen LogP contribution in [0.5, 0.6) is 0 Å². The fourth-order valence-corrected chi connectivity index (χ4v) is 1.24. The van der Waals surface area contributed by atoms with Gasteiger partial charge in [-0.3, -0.25) is 15.2 Å². The molecule has 1 amide bonds. The van der Waals surface area contributed by atoms with E-state index in [9.17, 15) is 4.79 Å². The fourth-order valence-electron chi connectivity index (χ4n) is 1.24. The Labute approximate surface area is 96.0 Å². The van der Waals surface area contributed by atoms with Crippen molar-refractivity contribution in [2.75, 3.05) is 13.6 Å². The van der Waals surface area contributed by atoms with E-state index in [1.54, 1.807) is 7.05 Å². The molecule has 0 aromatic carbocycles. The number of hydrazine groups is 1. The molecule has 0 spiro atoms. The summed E-state index contributed by atoms with van der Waals surface area (Å²) < 4.78 is 0. The van der Waals surface area contributed by atoms with Crippen LogP contribution >= 0.6 is 0 Å². The van der Waals surface area contributed by atoms with Gasteiger partial charge in [-0.1, -0.05) is 0 Å². The molecule has 0 atom stereocenters. The average molecular weight is 227 g/mol. The van der Waals surface area contributed by atoms with Gasteiger partial charge in [0.2, 0.25) is 11.9 Å². The number of carbonyl (C=O) groups is 1. The van der Waals surface area contributed by atoms with Gasteiger partial charge in [0.1, 0.15) is 0 Å². The van der Waals surface area contributed by atoms with Crippen LogP contribution in [0.15, 0.2) is 4.99 Å². The molecule has 6 nitrogen and oxygen atoms in total. The zero-order valence-corrected chi connectivity index (χ0v) is 10.1. The lowest BCUT2D eigenvalue weighted by Crippen LogP contribution is -2.44. The standard InChI is InChI=1S/C10H21N5O/c1-10(2,8(16)12-3)6-13-9(15-11)14-7-4-5-7/h7H,4-6,11H2,1-3H3,(H,12,16)(H2,13,14,15). The smallest absolute Gasteiger partial charge is 0.227 e. The van der Waals surface area contributed by atoms with Crippen LogP contribution in [0.2, 0.25) is 0 Å². The van der Waals surface area contributed by atoms with E-state index in [-0.39, 0.29) is 5.91 Å². The predicted molar refractivity (Wildman–Crippen MR) is 63.6 cm³/mol. The Hall–Kier alpha value is -1.30. The van der Waals surface area contributed by atoms with E-state index >= 15 is 0 Å². The number of nitrogens with zero attached hydrogens (tertiary/aromatic N) is 1. The maximum atomic E-state index is 11.5. The van der Waals surface area contributed by atoms with Crippen LogP contribution in [0.1, 0.15) is 26.7 Å². The second-order valence-corrected chi connectivity index (χ2v) is 4.69. The SMILES string of the molecule is CNC(=O)C(C)(C)CN=C(NN)NC1CC1. The molecule has 0 aliphatic heterocycles. The summed E-state index contributed by atoms with van der Waals surface area (Å²) in [7, 11) is 1.62. The zero-order valence-electron chi connectivity index (χ0n) is 10.1. The van der Waals surface area contributed by atoms with Gasteiger partial charge in [-0.25, -0.2) is 5.84 Å². The van der Waals surface area contributed by atoms with E-state index in [0.717, 1.165) is 12.8 Å². The van der Waals surface area contributed by atoms with E-state index in [4.69, 9.17) is 5.84 Å². The Kier molecular flexibility index (Phi) is 4.12. The van der Waals surface area contributed by atoms with Crippen molar-refractivity contribution in [2.45, 2.75) is 32.7 Å². The Balaban J connectivity index is 2.50. The number of hydrogen-bond acceptors (Lipinski definition) is 3. The van der Waals surface area contributed by atoms with Gasteiger partial charge in [0.25, 0.3) is 0 Å². The monoisotopic (exact) mass is 227 g/mol. The first-order chi connectivity index (χ1) is 7.49. The van der Waals surface area contributed by atoms with E-state index in [1.807, 2.05) is 13.8 Å². The van der Waals surface area contributed by atoms with E-state index < -0.39 is 5.41 Å². The van der Waals surface area contributed by atoms with Crippen molar-refractivity contribution in [3.05, 3.63) is 0 Å². The molecule has 1 rings (SSSR count). The van der Waals surface area contributed by atoms with E-state index in [1.165, 1.54) is 0 Å². The number of carbonyl (C=O) groups excluding carboxylic acids is 1. The Bertz CT molecular complexity index is 283. The molecule has 5 N–H and O–H groups in total. The lowest BCUT2D eigenvalue weighted by atomic mass is 9.93. The molecule has 16 heavy (non-hydrogen) atoms. The van der Waals surface area contributed by atoms with Gasteiger partial charge in [-0.2, -0.15) is 0 Å². The highest BCUT2D eigenvalue weighted by atomic mass is 16.2. The number of amides is 1. The predicted octanol–water partition coefficient (Wildman–Crippen LogP) is -0.670. The Morgan fingerprint density at radius 3 is 2.56 bits per heavy atom. The lowest BCUT2D eigenvalue weighted by molar-refractivity contribution is -0.128. The highest BCUT2D eigenvalue weighted by Gasteiger charge is 2.27. The fraction of sp³-hybridized carbons (Fsp3) is 0.800. The maximum absolute atomic E-state index is 11.5. The molecule has 6 heteroatoms. The van der Waals surface area contributed by atoms with Crippen LogP contribution in [0.3, 0.4) is 0 Å². The van der Waals surface area contributed by atoms with Gasteiger partial charge in [0.05, 0.1) is 12.0 Å². The number of hydrogen-bond donors (Lipinski definition) is 4. The first-order valence-electron chi connectivity index (χ1n) is 5.49. The summed E-state index contributed by atoms with van der Waals surface area (Å²) in [6, 6.07) is 0.484. The summed E-state index contributed by atoms with van der Waals surface area (Å²) in [5.41, 5.74) is 1.98. The normalized spacial score (nSPS) is 16.9. The molecule has 1 saturated carbocycles. The molecule has 1 aliphatic rings. The van der Waals surface area contributed by atoms with Crippen molar-refractivity contribution in [2.24, 2.45) is 16.3 Å². The van der Waals surface area contributed by atoms with Crippen LogP contribution in [0.25, 0.3) is 0 Å². The minimum absolute atomic E-state index is 0.0287. The second-order valence-electron chi connectivity index (χ2n) is 4.69. The highest BCUT2D eigenvalue weighted by molar-refractivity contribution is 5.83. The summed E-state index contributed by atoms with van der Waals surface area (Å²) in [6.07, 6.45) is 2.30. The molecular formula is C10H21N5O. The largest absolute Gasteiger partial charge is 0.359 e. The van der Waals surface area contributed by atoms with Gasteiger partial charge in [-0.05, 0) is 26.7 Å². The van der Waals surface area contributed by atoms with Crippen molar-refractivity contribution < 1.29 is 4.79 Å². The van der Waals surface area contributed by atoms with Gasteiger partial charge < -0.3 is 10.6 Å². The topological polar surface area (TPSA) is 91.5 Å². The van der Waals surface area contributed by atoms with Crippen LogP contribution in [0.4, 0.5) is 0 Å². The molecule has 0 unspecified atom stereocenters. The molecule has 0 heterocycles. The van der Waals surface area contributed by atoms with Gasteiger partial charge in [-0.15, -0.1) is 0 Å². The van der Waals surface area contributed by atoms with E-state index in [0.29, 0.717) is 18.5 Å². The number of aliphatic imine (C=N–C) groups is 1. The third kappa shape index (κ3) is 3.69. The van der Waals surface area contributed by atoms with Gasteiger partial charge in [0, 0.05) is 13.1 Å². The zero-order chi connectivity index (χ0) is 12.2. The molecule has 0 saturated heterocycles. The lowest BCUT2D eigenvalue weighted by Gasteiger charge is -2.20. The first-order valence-corrected chi connectivity index (χ1v) is 5.49. The molecule has 0 aromatic rings. The maximum Gasteiger partial charge on any atom is 0.227 e. The van der Waals surface area contributed by atoms with Crippen molar-refractivity contribution in [1.29, 1.82) is 0 Å². The molecule has 92 valence electrons. The summed E-state index contributed by atoms with van der Waals surface area (Å²) >= 11 is 0. The first kappa shape index (κ1) is 12.8. The second kappa shape index (κ2) is 5.16. The Morgan fingerprint density at radius 1 is 1.50 bits per heavy atom. The minimum Gasteiger partial charge on any atom is -0.359 e. The summed E-state index contributed by atoms with van der Waals surface area (Å²) in [6.45, 7) is 4.09. The highest BCUT2D eigenvalue weighted by Crippen LogP contribution is 2.19. The van der Waals surface area contributed by atoms with Crippen molar-refractivity contribution in [1.82, 2.24) is 16.1 Å². The summed E-state index contributed by atoms with van der Waals surface area (Å²) in [4.78, 5) is 15.8. The van der Waals surface area contributed by atoms with Gasteiger partial charge >= 0.3 is 0 Å². The molecule has 0 aromatic heterocycles. The third-order valence-electron chi connectivity index (χ3n) is 2.53. The average Bonchev–Trinajstić information content (AvgIpc) is 3.06. The molecule has 1 aliphatic carbocycles. The van der Waals surface area contributed by atoms with Crippen LogP contribution in [0, 0.1) is 5.41 Å². The Morgan fingerprint density at radius 2 is 2.12 bits per heavy atom. The summed E-state index contributed by atoms with van der Waals surface area (Å²) in [5, 5.41) is 5.77. The van der Waals surface area contributed by atoms with Gasteiger partial charge in [0.15, 0.2) is 0 Å². The number of nitrogens with one attached hydrogen (secondary N) is 3. The van der Waals surface area contributed by atoms with Crippen molar-refractivity contribution in [3.8, 4) is 0 Å². The minimum atomic E-state index is -0.526. The summed E-state index contributed by atoms with van der Waals surface area (Å²) in [5.74, 6) is 5.87. The number of guanidine groups is 1. The number of rotatable bonds is 4. The molecule has 0 bridgehead atoms. The third-order valence-corrected chi connectivity index (χ3v) is 2.53. The van der Waals surface area contributed by atoms with Crippen LogP contribution < -0.4 is 21.9 Å². The van der Waals surface area contributed by atoms with Crippen molar-refractivity contribution in [3.63, 3.8) is 0 Å². The molecule has 0 radical (unpaired) electrons. The van der Waals surface area contributed by atoms with E-state index in [2.05, 4.69) is 21.1 Å². The molecule has 1 fully saturated rings. The van der Waals surface area contributed by atoms with Crippen LogP contribution in [-0.4, -0.2) is 31.5 Å². The number of nitrogens with two attached hydrogens (primary N) is 1. The quantitative estimate of drug-likeness (QED) is 0.222. The van der Waals surface area contributed by atoms with Crippen molar-refractivity contribution >= 4 is 11.9 Å². The van der Waals surface area contributed by atoms with Crippen LogP contribution in [-0.2, 0) is 4.79 Å².